The molecule has 3 aromatic heterocycles. The molecular formula is C20H15FN4O2S. The van der Waals surface area contributed by atoms with Crippen LogP contribution in [-0.4, -0.2) is 33.3 Å². The van der Waals surface area contributed by atoms with Crippen LogP contribution in [0.25, 0.3) is 16.9 Å². The average Bonchev–Trinajstić information content (AvgIpc) is 3.37. The fraction of sp³-hybridized carbons (Fsp3) is 0.100. The van der Waals surface area contributed by atoms with Gasteiger partial charge >= 0.3 is 0 Å². The van der Waals surface area contributed by atoms with E-state index in [0.29, 0.717) is 21.8 Å². The Kier molecular flexibility index (Phi) is 4.48. The monoisotopic (exact) mass is 394 g/mol. The van der Waals surface area contributed by atoms with Crippen LogP contribution in [0.1, 0.15) is 22.2 Å². The third-order valence-electron chi connectivity index (χ3n) is 4.48. The Hall–Kier alpha value is -3.39. The van der Waals surface area contributed by atoms with E-state index in [4.69, 9.17) is 0 Å². The van der Waals surface area contributed by atoms with Crippen molar-refractivity contribution >= 4 is 34.4 Å². The van der Waals surface area contributed by atoms with E-state index in [2.05, 4.69) is 10.1 Å². The van der Waals surface area contributed by atoms with E-state index in [1.165, 1.54) is 53.2 Å². The summed E-state index contributed by atoms with van der Waals surface area (Å²) in [4.78, 5) is 30.5. The van der Waals surface area contributed by atoms with Crippen LogP contribution < -0.4 is 4.90 Å². The van der Waals surface area contributed by atoms with Crippen molar-refractivity contribution < 1.29 is 14.0 Å². The second-order valence-corrected chi connectivity index (χ2v) is 7.09. The normalized spacial score (nSPS) is 11.0. The van der Waals surface area contributed by atoms with Gasteiger partial charge in [-0.2, -0.15) is 5.10 Å². The summed E-state index contributed by atoms with van der Waals surface area (Å²) >= 11 is 1.34. The molecule has 0 radical (unpaired) electrons. The number of fused-ring (bicyclic) bond motifs is 1. The number of anilines is 1. The lowest BCUT2D eigenvalue weighted by Crippen LogP contribution is -2.24. The summed E-state index contributed by atoms with van der Waals surface area (Å²) < 4.78 is 16.6. The number of thiophene rings is 1. The largest absolute Gasteiger partial charge is 0.313 e. The first-order valence-corrected chi connectivity index (χ1v) is 9.31. The fourth-order valence-corrected chi connectivity index (χ4v) is 3.62. The summed E-state index contributed by atoms with van der Waals surface area (Å²) in [5.41, 5.74) is 1.56. The number of amides is 1. The molecule has 0 fully saturated rings. The van der Waals surface area contributed by atoms with Crippen LogP contribution in [0.4, 0.5) is 10.1 Å². The van der Waals surface area contributed by atoms with Gasteiger partial charge in [-0.25, -0.2) is 13.9 Å². The van der Waals surface area contributed by atoms with Crippen molar-refractivity contribution in [3.8, 4) is 11.3 Å². The van der Waals surface area contributed by atoms with Gasteiger partial charge in [-0.05, 0) is 29.6 Å². The molecule has 0 N–H and O–H groups in total. The Balaban J connectivity index is 1.87. The lowest BCUT2D eigenvalue weighted by atomic mass is 10.1. The van der Waals surface area contributed by atoms with Gasteiger partial charge in [0.2, 0.25) is 11.7 Å². The van der Waals surface area contributed by atoms with Crippen molar-refractivity contribution in [2.45, 2.75) is 6.92 Å². The van der Waals surface area contributed by atoms with Crippen LogP contribution in [0.3, 0.4) is 0 Å². The van der Waals surface area contributed by atoms with E-state index < -0.39 is 5.82 Å². The summed E-state index contributed by atoms with van der Waals surface area (Å²) in [5, 5.41) is 6.09. The highest BCUT2D eigenvalue weighted by molar-refractivity contribution is 7.12. The molecule has 4 aromatic rings. The zero-order chi connectivity index (χ0) is 19.8. The van der Waals surface area contributed by atoms with E-state index in [1.54, 1.807) is 30.3 Å². The Bertz CT molecular complexity index is 1200. The van der Waals surface area contributed by atoms with E-state index in [1.807, 2.05) is 5.38 Å². The van der Waals surface area contributed by atoms with Gasteiger partial charge in [0.1, 0.15) is 0 Å². The summed E-state index contributed by atoms with van der Waals surface area (Å²) in [6.45, 7) is 1.37. The van der Waals surface area contributed by atoms with Crippen molar-refractivity contribution in [1.29, 1.82) is 0 Å². The summed E-state index contributed by atoms with van der Waals surface area (Å²) in [7, 11) is 1.51. The van der Waals surface area contributed by atoms with E-state index in [9.17, 15) is 9.59 Å². The zero-order valence-corrected chi connectivity index (χ0v) is 15.9. The van der Waals surface area contributed by atoms with Gasteiger partial charge in [0.05, 0.1) is 28.0 Å². The number of carbonyl (C=O) groups is 2. The Morgan fingerprint density at radius 3 is 2.71 bits per heavy atom. The average molecular weight is 394 g/mol. The molecule has 28 heavy (non-hydrogen) atoms. The van der Waals surface area contributed by atoms with Gasteiger partial charge < -0.3 is 4.90 Å². The number of hydrogen-bond acceptors (Lipinski definition) is 5. The maximum atomic E-state index is 15.2. The molecule has 0 unspecified atom stereocenters. The van der Waals surface area contributed by atoms with Gasteiger partial charge in [-0.15, -0.1) is 11.3 Å². The topological polar surface area (TPSA) is 67.6 Å². The number of nitrogens with zero attached hydrogens (tertiary/aromatic N) is 4. The summed E-state index contributed by atoms with van der Waals surface area (Å²) in [6.07, 6.45) is 2.95. The standard InChI is InChI=1S/C20H15FN4O2S/c1-12(26)24(2)16-6-3-5-13(18(16)21)15-8-9-22-20-14(11-23-25(15)20)19(27)17-7-4-10-28-17/h3-11H,1-2H3. The Morgan fingerprint density at radius 2 is 2.00 bits per heavy atom. The molecule has 8 heteroatoms. The van der Waals surface area contributed by atoms with Crippen LogP contribution in [0.2, 0.25) is 0 Å². The molecule has 3 heterocycles. The highest BCUT2D eigenvalue weighted by Crippen LogP contribution is 2.30. The predicted molar refractivity (Wildman–Crippen MR) is 105 cm³/mol. The molecule has 1 amide bonds. The van der Waals surface area contributed by atoms with Gasteiger partial charge in [0, 0.05) is 25.7 Å². The van der Waals surface area contributed by atoms with Crippen molar-refractivity contribution in [2.75, 3.05) is 11.9 Å². The van der Waals surface area contributed by atoms with E-state index in [-0.39, 0.29) is 22.9 Å². The van der Waals surface area contributed by atoms with E-state index in [0.717, 1.165) is 0 Å². The number of benzene rings is 1. The molecule has 0 spiro atoms. The second-order valence-electron chi connectivity index (χ2n) is 6.15. The quantitative estimate of drug-likeness (QED) is 0.494. The van der Waals surface area contributed by atoms with E-state index >= 15 is 4.39 Å². The predicted octanol–water partition coefficient (Wildman–Crippen LogP) is 3.81. The number of carbonyl (C=O) groups excluding carboxylic acids is 2. The highest BCUT2D eigenvalue weighted by Gasteiger charge is 2.21. The summed E-state index contributed by atoms with van der Waals surface area (Å²) in [6, 6.07) is 9.96. The lowest BCUT2D eigenvalue weighted by Gasteiger charge is -2.17. The minimum Gasteiger partial charge on any atom is -0.313 e. The molecule has 4 rings (SSSR count). The second kappa shape index (κ2) is 6.97. The van der Waals surface area contributed by atoms with Crippen LogP contribution in [0.5, 0.6) is 0 Å². The van der Waals surface area contributed by atoms with Crippen molar-refractivity contribution in [3.63, 3.8) is 0 Å². The Morgan fingerprint density at radius 1 is 1.18 bits per heavy atom. The number of halogens is 1. The minimum atomic E-state index is -0.547. The third kappa shape index (κ3) is 2.87. The SMILES string of the molecule is CC(=O)N(C)c1cccc(-c2ccnc3c(C(=O)c4cccs4)cnn23)c1F. The maximum Gasteiger partial charge on any atom is 0.223 e. The molecule has 0 aliphatic heterocycles. The first kappa shape index (κ1) is 18.0. The molecular weight excluding hydrogens is 379 g/mol. The summed E-state index contributed by atoms with van der Waals surface area (Å²) in [5.74, 6) is -1.01. The molecule has 0 saturated heterocycles. The highest BCUT2D eigenvalue weighted by atomic mass is 32.1. The van der Waals surface area contributed by atoms with Crippen LogP contribution in [0, 0.1) is 5.82 Å². The first-order valence-electron chi connectivity index (χ1n) is 8.43. The number of rotatable bonds is 4. The molecule has 0 aliphatic carbocycles. The van der Waals surface area contributed by atoms with Crippen LogP contribution in [0.15, 0.2) is 54.2 Å². The zero-order valence-electron chi connectivity index (χ0n) is 15.1. The molecule has 6 nitrogen and oxygen atoms in total. The van der Waals surface area contributed by atoms with Gasteiger partial charge in [0.25, 0.3) is 0 Å². The smallest absolute Gasteiger partial charge is 0.223 e. The number of hydrogen-bond donors (Lipinski definition) is 0. The molecule has 0 bridgehead atoms. The fourth-order valence-electron chi connectivity index (χ4n) is 2.94. The first-order chi connectivity index (χ1) is 13.5. The molecule has 140 valence electrons. The third-order valence-corrected chi connectivity index (χ3v) is 5.35. The molecule has 1 aromatic carbocycles. The molecule has 0 atom stereocenters. The maximum absolute atomic E-state index is 15.2. The van der Waals surface area contributed by atoms with Crippen molar-refractivity contribution in [3.05, 3.63) is 70.4 Å². The lowest BCUT2D eigenvalue weighted by molar-refractivity contribution is -0.116. The minimum absolute atomic E-state index is 0.164. The molecule has 0 aliphatic rings. The Labute approximate surface area is 163 Å². The molecule has 0 saturated carbocycles. The van der Waals surface area contributed by atoms with Crippen molar-refractivity contribution in [1.82, 2.24) is 14.6 Å². The van der Waals surface area contributed by atoms with Gasteiger partial charge in [-0.3, -0.25) is 9.59 Å². The van der Waals surface area contributed by atoms with Gasteiger partial charge in [-0.1, -0.05) is 12.1 Å². The number of ketones is 1. The number of aromatic nitrogens is 3. The van der Waals surface area contributed by atoms with Gasteiger partial charge in [0.15, 0.2) is 11.5 Å². The van der Waals surface area contributed by atoms with Crippen molar-refractivity contribution in [2.24, 2.45) is 0 Å². The van der Waals surface area contributed by atoms with Crippen LogP contribution in [-0.2, 0) is 4.79 Å². The van der Waals surface area contributed by atoms with Crippen LogP contribution >= 0.6 is 11.3 Å².